The van der Waals surface area contributed by atoms with E-state index in [9.17, 15) is 24.3 Å². The fourth-order valence-electron chi connectivity index (χ4n) is 4.20. The number of pyridine rings is 1. The highest BCUT2D eigenvalue weighted by Crippen LogP contribution is 2.28. The quantitative estimate of drug-likeness (QED) is 0.301. The molecular formula is C27H25Cl2N5O5. The first-order valence-electron chi connectivity index (χ1n) is 12.0. The van der Waals surface area contributed by atoms with E-state index in [-0.39, 0.29) is 31.8 Å². The summed E-state index contributed by atoms with van der Waals surface area (Å²) >= 11 is 12.0. The van der Waals surface area contributed by atoms with Gasteiger partial charge in [-0.05, 0) is 47.5 Å². The standard InChI is InChI=1S/C27H25Cl2N5O5/c28-19-7-6-16(22(29)10-19)14-31-27(39)32-20-4-1-5-21(11-20)34-15-18(9-24(34)35)26(38)33-23(12-25(36)37)17-3-2-8-30-13-17/h1-8,10-11,13,18,23H,9,12,14-15H2,(H,33,38)(H,36,37)(H2,31,32,39). The van der Waals surface area contributed by atoms with E-state index in [0.717, 1.165) is 0 Å². The number of benzene rings is 2. The normalized spacial score (nSPS) is 15.5. The molecule has 2 aromatic carbocycles. The molecule has 4 N–H and O–H groups in total. The van der Waals surface area contributed by atoms with Gasteiger partial charge in [-0.2, -0.15) is 0 Å². The van der Waals surface area contributed by atoms with Crippen molar-refractivity contribution < 1.29 is 24.3 Å². The second-order valence-corrected chi connectivity index (χ2v) is 9.79. The van der Waals surface area contributed by atoms with Crippen LogP contribution in [0.3, 0.4) is 0 Å². The minimum atomic E-state index is -1.07. The Morgan fingerprint density at radius 2 is 1.92 bits per heavy atom. The van der Waals surface area contributed by atoms with Crippen LogP contribution in [-0.2, 0) is 20.9 Å². The van der Waals surface area contributed by atoms with Crippen molar-refractivity contribution in [1.29, 1.82) is 0 Å². The molecule has 0 spiro atoms. The Labute approximate surface area is 234 Å². The third kappa shape index (κ3) is 7.46. The van der Waals surface area contributed by atoms with E-state index in [2.05, 4.69) is 20.9 Å². The van der Waals surface area contributed by atoms with Gasteiger partial charge >= 0.3 is 12.0 Å². The van der Waals surface area contributed by atoms with Crippen LogP contribution < -0.4 is 20.9 Å². The maximum atomic E-state index is 13.0. The summed E-state index contributed by atoms with van der Waals surface area (Å²) in [5.41, 5.74) is 2.23. The Bertz CT molecular complexity index is 1390. The molecule has 3 aromatic rings. The largest absolute Gasteiger partial charge is 0.481 e. The number of carboxylic acid groups (broad SMARTS) is 1. The number of aliphatic carboxylic acids is 1. The highest BCUT2D eigenvalue weighted by Gasteiger charge is 2.36. The van der Waals surface area contributed by atoms with Gasteiger partial charge in [-0.25, -0.2) is 4.79 Å². The van der Waals surface area contributed by atoms with Gasteiger partial charge in [0.25, 0.3) is 0 Å². The lowest BCUT2D eigenvalue weighted by molar-refractivity contribution is -0.138. The lowest BCUT2D eigenvalue weighted by atomic mass is 10.0. The molecule has 2 unspecified atom stereocenters. The van der Waals surface area contributed by atoms with E-state index in [1.54, 1.807) is 60.8 Å². The van der Waals surface area contributed by atoms with Crippen molar-refractivity contribution in [2.24, 2.45) is 5.92 Å². The van der Waals surface area contributed by atoms with Crippen molar-refractivity contribution in [2.75, 3.05) is 16.8 Å². The van der Waals surface area contributed by atoms with Crippen LogP contribution in [0, 0.1) is 5.92 Å². The number of urea groups is 1. The third-order valence-corrected chi connectivity index (χ3v) is 6.73. The van der Waals surface area contributed by atoms with Gasteiger partial charge in [-0.3, -0.25) is 19.4 Å². The predicted molar refractivity (Wildman–Crippen MR) is 147 cm³/mol. The Morgan fingerprint density at radius 3 is 2.64 bits per heavy atom. The molecule has 1 aromatic heterocycles. The molecule has 0 saturated carbocycles. The molecule has 1 aliphatic heterocycles. The van der Waals surface area contributed by atoms with Crippen molar-refractivity contribution in [1.82, 2.24) is 15.6 Å². The molecule has 1 saturated heterocycles. The van der Waals surface area contributed by atoms with Gasteiger partial charge in [0, 0.05) is 53.3 Å². The highest BCUT2D eigenvalue weighted by molar-refractivity contribution is 6.35. The van der Waals surface area contributed by atoms with E-state index in [1.165, 1.54) is 11.1 Å². The van der Waals surface area contributed by atoms with Crippen LogP contribution in [0.25, 0.3) is 0 Å². The SMILES string of the molecule is O=C(O)CC(NC(=O)C1CC(=O)N(c2cccc(NC(=O)NCc3ccc(Cl)cc3Cl)c2)C1)c1cccnc1. The molecule has 12 heteroatoms. The smallest absolute Gasteiger partial charge is 0.319 e. The zero-order valence-corrected chi connectivity index (χ0v) is 22.1. The number of anilines is 2. The third-order valence-electron chi connectivity index (χ3n) is 6.15. The average Bonchev–Trinajstić information content (AvgIpc) is 3.30. The summed E-state index contributed by atoms with van der Waals surface area (Å²) in [7, 11) is 0. The summed E-state index contributed by atoms with van der Waals surface area (Å²) in [5, 5.41) is 18.4. The monoisotopic (exact) mass is 569 g/mol. The van der Waals surface area contributed by atoms with Crippen LogP contribution in [0.2, 0.25) is 10.0 Å². The Kier molecular flexibility index (Phi) is 9.00. The van der Waals surface area contributed by atoms with E-state index >= 15 is 0 Å². The second kappa shape index (κ2) is 12.6. The molecule has 39 heavy (non-hydrogen) atoms. The van der Waals surface area contributed by atoms with Crippen LogP contribution in [0.4, 0.5) is 16.2 Å². The lowest BCUT2D eigenvalue weighted by Crippen LogP contribution is -2.36. The number of aromatic nitrogens is 1. The molecule has 2 atom stereocenters. The number of carboxylic acids is 1. The number of carbonyl (C=O) groups is 4. The van der Waals surface area contributed by atoms with Crippen LogP contribution in [0.5, 0.6) is 0 Å². The fraction of sp³-hybridized carbons (Fsp3) is 0.222. The molecule has 202 valence electrons. The summed E-state index contributed by atoms with van der Waals surface area (Å²) in [6.45, 7) is 0.299. The van der Waals surface area contributed by atoms with Crippen LogP contribution >= 0.6 is 23.2 Å². The molecule has 0 aliphatic carbocycles. The van der Waals surface area contributed by atoms with Crippen molar-refractivity contribution in [3.8, 4) is 0 Å². The number of nitrogens with zero attached hydrogens (tertiary/aromatic N) is 2. The molecular weight excluding hydrogens is 545 g/mol. The highest BCUT2D eigenvalue weighted by atomic mass is 35.5. The number of nitrogens with one attached hydrogen (secondary N) is 3. The first-order chi connectivity index (χ1) is 18.7. The zero-order valence-electron chi connectivity index (χ0n) is 20.6. The number of rotatable bonds is 9. The van der Waals surface area contributed by atoms with Gasteiger partial charge in [0.05, 0.1) is 18.4 Å². The summed E-state index contributed by atoms with van der Waals surface area (Å²) in [4.78, 5) is 55.0. The van der Waals surface area contributed by atoms with Gasteiger partial charge in [0.1, 0.15) is 0 Å². The first kappa shape index (κ1) is 27.9. The minimum absolute atomic E-state index is 0.0291. The van der Waals surface area contributed by atoms with Crippen molar-refractivity contribution in [3.63, 3.8) is 0 Å². The maximum absolute atomic E-state index is 13.0. The topological polar surface area (TPSA) is 141 Å². The van der Waals surface area contributed by atoms with Crippen LogP contribution in [-0.4, -0.2) is 40.5 Å². The van der Waals surface area contributed by atoms with Crippen LogP contribution in [0.1, 0.15) is 30.0 Å². The fourth-order valence-corrected chi connectivity index (χ4v) is 4.67. The molecule has 10 nitrogen and oxygen atoms in total. The number of amides is 4. The van der Waals surface area contributed by atoms with Gasteiger partial charge in [0.15, 0.2) is 0 Å². The molecule has 1 aliphatic rings. The van der Waals surface area contributed by atoms with E-state index in [4.69, 9.17) is 23.2 Å². The molecule has 0 bridgehead atoms. The van der Waals surface area contributed by atoms with E-state index in [0.29, 0.717) is 32.5 Å². The summed E-state index contributed by atoms with van der Waals surface area (Å²) in [6.07, 6.45) is 2.71. The number of hydrogen-bond donors (Lipinski definition) is 4. The van der Waals surface area contributed by atoms with E-state index < -0.39 is 29.9 Å². The van der Waals surface area contributed by atoms with Gasteiger partial charge in [-0.15, -0.1) is 0 Å². The Balaban J connectivity index is 1.37. The predicted octanol–water partition coefficient (Wildman–Crippen LogP) is 4.40. The molecule has 4 rings (SSSR count). The first-order valence-corrected chi connectivity index (χ1v) is 12.8. The molecule has 2 heterocycles. The van der Waals surface area contributed by atoms with Crippen molar-refractivity contribution in [2.45, 2.75) is 25.4 Å². The average molecular weight is 570 g/mol. The number of hydrogen-bond acceptors (Lipinski definition) is 5. The van der Waals surface area contributed by atoms with Crippen molar-refractivity contribution >= 4 is 58.4 Å². The maximum Gasteiger partial charge on any atom is 0.319 e. The molecule has 1 fully saturated rings. The Hall–Kier alpha value is -4.15. The van der Waals surface area contributed by atoms with Crippen LogP contribution in [0.15, 0.2) is 67.0 Å². The summed E-state index contributed by atoms with van der Waals surface area (Å²) in [6, 6.07) is 13.8. The molecule has 0 radical (unpaired) electrons. The minimum Gasteiger partial charge on any atom is -0.481 e. The lowest BCUT2D eigenvalue weighted by Gasteiger charge is -2.20. The Morgan fingerprint density at radius 1 is 1.10 bits per heavy atom. The van der Waals surface area contributed by atoms with Gasteiger partial charge in [0.2, 0.25) is 11.8 Å². The van der Waals surface area contributed by atoms with Gasteiger partial charge in [-0.1, -0.05) is 41.4 Å². The number of carbonyl (C=O) groups excluding carboxylic acids is 3. The molecule has 4 amide bonds. The number of halogens is 2. The summed E-state index contributed by atoms with van der Waals surface area (Å²) < 4.78 is 0. The summed E-state index contributed by atoms with van der Waals surface area (Å²) in [5.74, 6) is -2.42. The zero-order chi connectivity index (χ0) is 27.9. The van der Waals surface area contributed by atoms with Gasteiger partial charge < -0.3 is 26.0 Å². The van der Waals surface area contributed by atoms with Crippen molar-refractivity contribution in [3.05, 3.63) is 88.2 Å². The van der Waals surface area contributed by atoms with E-state index in [1.807, 2.05) is 0 Å². The second-order valence-electron chi connectivity index (χ2n) is 8.94.